The highest BCUT2D eigenvalue weighted by molar-refractivity contribution is 7.80. The molecule has 0 saturated carbocycles. The third-order valence-electron chi connectivity index (χ3n) is 2.98. The Morgan fingerprint density at radius 1 is 1.00 bits per heavy atom. The quantitative estimate of drug-likeness (QED) is 0.373. The third kappa shape index (κ3) is 11.1. The Morgan fingerprint density at radius 2 is 1.55 bits per heavy atom. The van der Waals surface area contributed by atoms with Crippen LogP contribution in [0, 0.1) is 0 Å². The zero-order valence-corrected chi connectivity index (χ0v) is 14.6. The molecule has 0 aliphatic carbocycles. The van der Waals surface area contributed by atoms with E-state index in [1.54, 1.807) is 0 Å². The molecule has 0 aliphatic heterocycles. The van der Waals surface area contributed by atoms with Crippen molar-refractivity contribution in [3.63, 3.8) is 0 Å². The molecule has 1 unspecified atom stereocenters. The van der Waals surface area contributed by atoms with Gasteiger partial charge in [-0.15, -0.1) is 0 Å². The molecule has 0 spiro atoms. The summed E-state index contributed by atoms with van der Waals surface area (Å²) >= 11 is 4.95. The number of azo groups is 1. The van der Waals surface area contributed by atoms with Crippen LogP contribution in [-0.2, 0) is 0 Å². The molecule has 0 bridgehead atoms. The molecule has 0 aliphatic rings. The standard InChI is InChI=1S/C15H32N4S/c1-6-7-8-9-10-11-12-15(5,17-13(16)20)19-18-14(2,3)4/h6-12H2,1-5H3,(H3,16,17,20)/b19-18+. The fourth-order valence-electron chi connectivity index (χ4n) is 1.91. The minimum atomic E-state index is -0.482. The van der Waals surface area contributed by atoms with Gasteiger partial charge >= 0.3 is 0 Å². The normalized spacial score (nSPS) is 15.2. The van der Waals surface area contributed by atoms with Crippen molar-refractivity contribution in [3.05, 3.63) is 0 Å². The van der Waals surface area contributed by atoms with Crippen LogP contribution < -0.4 is 11.1 Å². The fourth-order valence-corrected chi connectivity index (χ4v) is 2.13. The maximum absolute atomic E-state index is 5.61. The van der Waals surface area contributed by atoms with E-state index in [-0.39, 0.29) is 10.7 Å². The van der Waals surface area contributed by atoms with Gasteiger partial charge in [-0.05, 0) is 52.8 Å². The second-order valence-electron chi connectivity index (χ2n) is 6.65. The van der Waals surface area contributed by atoms with Gasteiger partial charge in [0.1, 0.15) is 5.66 Å². The van der Waals surface area contributed by atoms with Gasteiger partial charge in [-0.3, -0.25) is 0 Å². The smallest absolute Gasteiger partial charge is 0.165 e. The molecular formula is C15H32N4S. The summed E-state index contributed by atoms with van der Waals surface area (Å²) in [5.74, 6) is 0. The van der Waals surface area contributed by atoms with Crippen LogP contribution in [0.25, 0.3) is 0 Å². The molecule has 0 aromatic heterocycles. The minimum absolute atomic E-state index is 0.180. The molecule has 5 heteroatoms. The zero-order chi connectivity index (χ0) is 15.6. The number of unbranched alkanes of at least 4 members (excludes halogenated alkanes) is 5. The number of nitrogens with two attached hydrogens (primary N) is 1. The van der Waals surface area contributed by atoms with E-state index in [1.165, 1.54) is 32.1 Å². The summed E-state index contributed by atoms with van der Waals surface area (Å²) in [6, 6.07) is 0. The zero-order valence-electron chi connectivity index (χ0n) is 13.8. The van der Waals surface area contributed by atoms with Crippen LogP contribution >= 0.6 is 12.2 Å². The van der Waals surface area contributed by atoms with Crippen LogP contribution in [0.15, 0.2) is 10.2 Å². The lowest BCUT2D eigenvalue weighted by molar-refractivity contribution is 0.346. The highest BCUT2D eigenvalue weighted by atomic mass is 32.1. The number of nitrogens with zero attached hydrogens (tertiary/aromatic N) is 2. The average molecular weight is 301 g/mol. The molecular weight excluding hydrogens is 268 g/mol. The number of nitrogens with one attached hydrogen (secondary N) is 1. The van der Waals surface area contributed by atoms with E-state index in [1.807, 2.05) is 27.7 Å². The van der Waals surface area contributed by atoms with Gasteiger partial charge in [0.05, 0.1) is 5.54 Å². The largest absolute Gasteiger partial charge is 0.376 e. The van der Waals surface area contributed by atoms with Gasteiger partial charge in [-0.1, -0.05) is 39.0 Å². The molecule has 20 heavy (non-hydrogen) atoms. The SMILES string of the molecule is CCCCCCCCC(C)(/N=N/C(C)(C)C)NC(N)=S. The van der Waals surface area contributed by atoms with Crippen molar-refractivity contribution in [2.24, 2.45) is 16.0 Å². The molecule has 0 aromatic carbocycles. The van der Waals surface area contributed by atoms with Crippen LogP contribution in [0.5, 0.6) is 0 Å². The average Bonchev–Trinajstić information content (AvgIpc) is 2.30. The van der Waals surface area contributed by atoms with Crippen molar-refractivity contribution >= 4 is 17.3 Å². The number of hydrogen-bond acceptors (Lipinski definition) is 3. The summed E-state index contributed by atoms with van der Waals surface area (Å²) in [5, 5.41) is 12.2. The lowest BCUT2D eigenvalue weighted by Crippen LogP contribution is -2.47. The Labute approximate surface area is 130 Å². The molecule has 4 nitrogen and oxygen atoms in total. The number of thiocarbonyl (C=S) groups is 1. The van der Waals surface area contributed by atoms with E-state index in [9.17, 15) is 0 Å². The summed E-state index contributed by atoms with van der Waals surface area (Å²) in [6.45, 7) is 10.3. The summed E-state index contributed by atoms with van der Waals surface area (Å²) < 4.78 is 0. The monoisotopic (exact) mass is 300 g/mol. The Kier molecular flexibility index (Phi) is 8.94. The van der Waals surface area contributed by atoms with Crippen molar-refractivity contribution in [3.8, 4) is 0 Å². The van der Waals surface area contributed by atoms with E-state index in [4.69, 9.17) is 18.0 Å². The molecule has 3 N–H and O–H groups in total. The lowest BCUT2D eigenvalue weighted by atomic mass is 10.0. The molecule has 0 amide bonds. The number of hydrogen-bond donors (Lipinski definition) is 2. The van der Waals surface area contributed by atoms with E-state index in [0.717, 1.165) is 12.8 Å². The highest BCUT2D eigenvalue weighted by Gasteiger charge is 2.24. The first kappa shape index (κ1) is 19.3. The van der Waals surface area contributed by atoms with Crippen LogP contribution in [0.3, 0.4) is 0 Å². The maximum Gasteiger partial charge on any atom is 0.165 e. The number of rotatable bonds is 9. The lowest BCUT2D eigenvalue weighted by Gasteiger charge is -2.27. The topological polar surface area (TPSA) is 62.8 Å². The van der Waals surface area contributed by atoms with Crippen LogP contribution in [0.1, 0.15) is 79.6 Å². The molecule has 0 aromatic rings. The summed E-state index contributed by atoms with van der Waals surface area (Å²) in [5.41, 5.74) is 4.94. The van der Waals surface area contributed by atoms with E-state index in [2.05, 4.69) is 22.5 Å². The maximum atomic E-state index is 5.61. The molecule has 0 radical (unpaired) electrons. The Morgan fingerprint density at radius 3 is 2.05 bits per heavy atom. The minimum Gasteiger partial charge on any atom is -0.376 e. The Bertz CT molecular complexity index is 309. The van der Waals surface area contributed by atoms with Gasteiger partial charge in [0.25, 0.3) is 0 Å². The van der Waals surface area contributed by atoms with Crippen molar-refractivity contribution in [1.29, 1.82) is 0 Å². The second-order valence-corrected chi connectivity index (χ2v) is 7.09. The summed E-state index contributed by atoms with van der Waals surface area (Å²) in [4.78, 5) is 0. The molecule has 0 fully saturated rings. The third-order valence-corrected chi connectivity index (χ3v) is 3.08. The van der Waals surface area contributed by atoms with Gasteiger partial charge in [-0.2, -0.15) is 10.2 Å². The summed E-state index contributed by atoms with van der Waals surface area (Å²) in [6.07, 6.45) is 8.44. The molecule has 118 valence electrons. The first-order chi connectivity index (χ1) is 9.18. The van der Waals surface area contributed by atoms with Gasteiger partial charge in [0, 0.05) is 0 Å². The Hall–Kier alpha value is -0.710. The molecule has 1 atom stereocenters. The fraction of sp³-hybridized carbons (Fsp3) is 0.933. The predicted octanol–water partition coefficient (Wildman–Crippen LogP) is 4.54. The van der Waals surface area contributed by atoms with Gasteiger partial charge in [0.15, 0.2) is 5.11 Å². The van der Waals surface area contributed by atoms with Crippen molar-refractivity contribution in [2.45, 2.75) is 90.8 Å². The van der Waals surface area contributed by atoms with Crippen molar-refractivity contribution in [1.82, 2.24) is 5.32 Å². The van der Waals surface area contributed by atoms with E-state index in [0.29, 0.717) is 0 Å². The van der Waals surface area contributed by atoms with E-state index < -0.39 is 5.66 Å². The van der Waals surface area contributed by atoms with Crippen molar-refractivity contribution in [2.75, 3.05) is 0 Å². The Balaban J connectivity index is 4.33. The highest BCUT2D eigenvalue weighted by Crippen LogP contribution is 2.20. The van der Waals surface area contributed by atoms with Crippen molar-refractivity contribution < 1.29 is 0 Å². The van der Waals surface area contributed by atoms with Gasteiger partial charge in [0.2, 0.25) is 0 Å². The molecule has 0 rings (SSSR count). The van der Waals surface area contributed by atoms with E-state index >= 15 is 0 Å². The van der Waals surface area contributed by atoms with Crippen LogP contribution in [0.4, 0.5) is 0 Å². The van der Waals surface area contributed by atoms with Gasteiger partial charge < -0.3 is 11.1 Å². The first-order valence-corrected chi connectivity index (χ1v) is 8.11. The first-order valence-electron chi connectivity index (χ1n) is 7.70. The second kappa shape index (κ2) is 9.27. The predicted molar refractivity (Wildman–Crippen MR) is 90.9 cm³/mol. The summed E-state index contributed by atoms with van der Waals surface area (Å²) in [7, 11) is 0. The van der Waals surface area contributed by atoms with Crippen LogP contribution in [-0.4, -0.2) is 16.3 Å². The van der Waals surface area contributed by atoms with Gasteiger partial charge in [-0.25, -0.2) is 0 Å². The van der Waals surface area contributed by atoms with Crippen LogP contribution in [0.2, 0.25) is 0 Å². The molecule has 0 heterocycles. The molecule has 0 saturated heterocycles.